The molecule has 0 aliphatic heterocycles. The van der Waals surface area contributed by atoms with Crippen LogP contribution in [0.2, 0.25) is 0 Å². The molecule has 7 heteroatoms. The van der Waals surface area contributed by atoms with Crippen molar-refractivity contribution in [3.05, 3.63) is 59.7 Å². The maximum Gasteiger partial charge on any atom is 0.225 e. The van der Waals surface area contributed by atoms with Crippen molar-refractivity contribution in [1.82, 2.24) is 15.3 Å². The second-order valence-corrected chi connectivity index (χ2v) is 8.13. The van der Waals surface area contributed by atoms with Gasteiger partial charge in [0.05, 0.1) is 5.52 Å². The summed E-state index contributed by atoms with van der Waals surface area (Å²) in [4.78, 5) is 11.4. The first kappa shape index (κ1) is 22.9. The first-order chi connectivity index (χ1) is 14.5. The van der Waals surface area contributed by atoms with E-state index in [1.54, 1.807) is 0 Å². The summed E-state index contributed by atoms with van der Waals surface area (Å²) in [5.41, 5.74) is 1.56. The van der Waals surface area contributed by atoms with Crippen molar-refractivity contribution in [3.63, 3.8) is 0 Å². The maximum atomic E-state index is 13.3. The molecule has 1 aliphatic rings. The van der Waals surface area contributed by atoms with Gasteiger partial charge in [0, 0.05) is 44.2 Å². The van der Waals surface area contributed by atoms with Gasteiger partial charge >= 0.3 is 0 Å². The molecule has 1 aromatic heterocycles. The van der Waals surface area contributed by atoms with Gasteiger partial charge in [-0.1, -0.05) is 19.6 Å². The SMILES string of the molecule is C.CN(C)c1nc(NC2CCC(NCc3cc(F)cc(F)c3)CC2)nc2ccccc12. The highest BCUT2D eigenvalue weighted by atomic mass is 19.1. The minimum Gasteiger partial charge on any atom is -0.362 e. The smallest absolute Gasteiger partial charge is 0.225 e. The molecule has 5 nitrogen and oxygen atoms in total. The van der Waals surface area contributed by atoms with Gasteiger partial charge in [0.2, 0.25) is 5.95 Å². The lowest BCUT2D eigenvalue weighted by molar-refractivity contribution is 0.352. The van der Waals surface area contributed by atoms with Crippen molar-refractivity contribution < 1.29 is 8.78 Å². The summed E-state index contributed by atoms with van der Waals surface area (Å²) >= 11 is 0. The van der Waals surface area contributed by atoms with Crippen LogP contribution in [0.3, 0.4) is 0 Å². The van der Waals surface area contributed by atoms with E-state index in [1.165, 1.54) is 12.1 Å². The average molecular weight is 428 g/mol. The van der Waals surface area contributed by atoms with Crippen LogP contribution in [-0.4, -0.2) is 36.1 Å². The molecule has 0 bridgehead atoms. The largest absolute Gasteiger partial charge is 0.362 e. The fourth-order valence-electron chi connectivity index (χ4n) is 4.06. The van der Waals surface area contributed by atoms with Crippen molar-refractivity contribution >= 4 is 22.7 Å². The van der Waals surface area contributed by atoms with Crippen LogP contribution in [0.4, 0.5) is 20.5 Å². The molecule has 2 aromatic carbocycles. The van der Waals surface area contributed by atoms with Gasteiger partial charge in [0.25, 0.3) is 0 Å². The molecule has 0 unspecified atom stereocenters. The van der Waals surface area contributed by atoms with E-state index in [-0.39, 0.29) is 7.43 Å². The molecule has 0 amide bonds. The van der Waals surface area contributed by atoms with E-state index in [0.29, 0.717) is 30.1 Å². The van der Waals surface area contributed by atoms with Gasteiger partial charge in [-0.15, -0.1) is 0 Å². The molecule has 1 saturated carbocycles. The highest BCUT2D eigenvalue weighted by Gasteiger charge is 2.22. The van der Waals surface area contributed by atoms with Gasteiger partial charge < -0.3 is 15.5 Å². The molecule has 0 spiro atoms. The van der Waals surface area contributed by atoms with E-state index in [0.717, 1.165) is 48.5 Å². The van der Waals surface area contributed by atoms with Crippen molar-refractivity contribution in [3.8, 4) is 0 Å². The minimum atomic E-state index is -0.535. The van der Waals surface area contributed by atoms with Crippen LogP contribution in [0.25, 0.3) is 10.9 Å². The molecule has 1 fully saturated rings. The Labute approximate surface area is 182 Å². The van der Waals surface area contributed by atoms with Crippen LogP contribution >= 0.6 is 0 Å². The van der Waals surface area contributed by atoms with Gasteiger partial charge in [-0.25, -0.2) is 13.8 Å². The number of nitrogens with one attached hydrogen (secondary N) is 2. The Balaban J connectivity index is 0.00000272. The second kappa shape index (κ2) is 10.0. The van der Waals surface area contributed by atoms with Crippen LogP contribution in [0.15, 0.2) is 42.5 Å². The van der Waals surface area contributed by atoms with Gasteiger partial charge in [-0.05, 0) is 55.5 Å². The summed E-state index contributed by atoms with van der Waals surface area (Å²) in [5, 5.41) is 7.96. The Kier molecular flexibility index (Phi) is 7.38. The number of anilines is 2. The Hall–Kier alpha value is -2.80. The van der Waals surface area contributed by atoms with Crippen LogP contribution in [0.1, 0.15) is 38.7 Å². The first-order valence-electron chi connectivity index (χ1n) is 10.4. The fourth-order valence-corrected chi connectivity index (χ4v) is 4.06. The first-order valence-corrected chi connectivity index (χ1v) is 10.4. The standard InChI is InChI=1S/C23H27F2N5.CH4/c1-30(2)22-20-5-3-4-6-21(20)28-23(29-22)27-19-9-7-18(8-10-19)26-14-15-11-16(24)13-17(25)12-15;/h3-6,11-13,18-19,26H,7-10,14H2,1-2H3,(H,27,28,29);1H4. The summed E-state index contributed by atoms with van der Waals surface area (Å²) < 4.78 is 26.7. The third-order valence-electron chi connectivity index (χ3n) is 5.58. The second-order valence-electron chi connectivity index (χ2n) is 8.13. The van der Waals surface area contributed by atoms with Crippen molar-refractivity contribution in [1.29, 1.82) is 0 Å². The van der Waals surface area contributed by atoms with Crippen LogP contribution in [-0.2, 0) is 6.54 Å². The Morgan fingerprint density at radius 3 is 2.26 bits per heavy atom. The highest BCUT2D eigenvalue weighted by molar-refractivity contribution is 5.90. The molecule has 0 atom stereocenters. The molecule has 1 aliphatic carbocycles. The third kappa shape index (κ3) is 5.67. The van der Waals surface area contributed by atoms with Gasteiger partial charge in [-0.3, -0.25) is 0 Å². The summed E-state index contributed by atoms with van der Waals surface area (Å²) in [7, 11) is 3.97. The normalized spacial score (nSPS) is 18.5. The van der Waals surface area contributed by atoms with E-state index < -0.39 is 11.6 Å². The monoisotopic (exact) mass is 427 g/mol. The number of hydrogen-bond acceptors (Lipinski definition) is 5. The van der Waals surface area contributed by atoms with Gasteiger partial charge in [-0.2, -0.15) is 4.98 Å². The zero-order valence-corrected chi connectivity index (χ0v) is 17.3. The maximum absolute atomic E-state index is 13.3. The number of hydrogen-bond donors (Lipinski definition) is 2. The molecule has 1 heterocycles. The number of benzene rings is 2. The third-order valence-corrected chi connectivity index (χ3v) is 5.58. The zero-order chi connectivity index (χ0) is 21.1. The van der Waals surface area contributed by atoms with E-state index in [2.05, 4.69) is 15.6 Å². The predicted molar refractivity (Wildman–Crippen MR) is 123 cm³/mol. The lowest BCUT2D eigenvalue weighted by atomic mass is 9.91. The lowest BCUT2D eigenvalue weighted by Gasteiger charge is -2.30. The van der Waals surface area contributed by atoms with Crippen molar-refractivity contribution in [2.75, 3.05) is 24.3 Å². The summed E-state index contributed by atoms with van der Waals surface area (Å²) in [5.74, 6) is 0.490. The average Bonchev–Trinajstić information content (AvgIpc) is 2.72. The summed E-state index contributed by atoms with van der Waals surface area (Å²) in [6.07, 6.45) is 3.96. The topological polar surface area (TPSA) is 53.1 Å². The van der Waals surface area contributed by atoms with Gasteiger partial charge in [0.15, 0.2) is 0 Å². The molecule has 166 valence electrons. The van der Waals surface area contributed by atoms with Gasteiger partial charge in [0.1, 0.15) is 17.5 Å². The molecular weight excluding hydrogens is 396 g/mol. The summed E-state index contributed by atoms with van der Waals surface area (Å²) in [6.45, 7) is 0.470. The zero-order valence-electron chi connectivity index (χ0n) is 17.3. The molecule has 3 aromatic rings. The van der Waals surface area contributed by atoms with E-state index in [1.807, 2.05) is 43.3 Å². The van der Waals surface area contributed by atoms with Crippen molar-refractivity contribution in [2.45, 2.75) is 51.7 Å². The summed E-state index contributed by atoms with van der Waals surface area (Å²) in [6, 6.07) is 12.3. The Morgan fingerprint density at radius 1 is 0.935 bits per heavy atom. The molecule has 0 radical (unpaired) electrons. The Morgan fingerprint density at radius 2 is 1.58 bits per heavy atom. The van der Waals surface area contributed by atoms with Crippen LogP contribution in [0, 0.1) is 11.6 Å². The van der Waals surface area contributed by atoms with Crippen LogP contribution < -0.4 is 15.5 Å². The number of aromatic nitrogens is 2. The number of para-hydroxylation sites is 1. The lowest BCUT2D eigenvalue weighted by Crippen LogP contribution is -2.37. The molecule has 31 heavy (non-hydrogen) atoms. The Bertz CT molecular complexity index is 996. The van der Waals surface area contributed by atoms with Crippen molar-refractivity contribution in [2.24, 2.45) is 0 Å². The number of fused-ring (bicyclic) bond motifs is 1. The number of rotatable bonds is 6. The van der Waals surface area contributed by atoms with E-state index in [4.69, 9.17) is 4.98 Å². The number of halogens is 2. The fraction of sp³-hybridized carbons (Fsp3) is 0.417. The minimum absolute atomic E-state index is 0. The molecule has 4 rings (SSSR count). The molecular formula is C24H31F2N5. The molecule has 2 N–H and O–H groups in total. The predicted octanol–water partition coefficient (Wildman–Crippen LogP) is 5.12. The van der Waals surface area contributed by atoms with Crippen LogP contribution in [0.5, 0.6) is 0 Å². The molecule has 0 saturated heterocycles. The quantitative estimate of drug-likeness (QED) is 0.572. The van der Waals surface area contributed by atoms with E-state index >= 15 is 0 Å². The highest BCUT2D eigenvalue weighted by Crippen LogP contribution is 2.26. The number of nitrogens with zero attached hydrogens (tertiary/aromatic N) is 3. The van der Waals surface area contributed by atoms with E-state index in [9.17, 15) is 8.78 Å².